The van der Waals surface area contributed by atoms with Crippen molar-refractivity contribution in [2.24, 2.45) is 5.73 Å². The molecule has 16 heavy (non-hydrogen) atoms. The monoisotopic (exact) mass is 241 g/mol. The number of aromatic nitrogens is 2. The molecule has 0 aliphatic heterocycles. The van der Waals surface area contributed by atoms with Crippen LogP contribution in [0.15, 0.2) is 4.52 Å². The lowest BCUT2D eigenvalue weighted by molar-refractivity contribution is 0.375. The molecule has 0 aromatic carbocycles. The van der Waals surface area contributed by atoms with Crippen molar-refractivity contribution < 1.29 is 4.52 Å². The Labute approximate surface area is 100 Å². The second-order valence-corrected chi connectivity index (χ2v) is 5.50. The second kappa shape index (κ2) is 6.25. The summed E-state index contributed by atoms with van der Waals surface area (Å²) >= 11 is 1.97. The van der Waals surface area contributed by atoms with Gasteiger partial charge in [-0.2, -0.15) is 16.7 Å². The third kappa shape index (κ3) is 3.49. The summed E-state index contributed by atoms with van der Waals surface area (Å²) in [5.41, 5.74) is 5.43. The predicted molar refractivity (Wildman–Crippen MR) is 65.2 cm³/mol. The van der Waals surface area contributed by atoms with E-state index in [0.29, 0.717) is 18.9 Å². The van der Waals surface area contributed by atoms with Crippen molar-refractivity contribution in [3.63, 3.8) is 0 Å². The van der Waals surface area contributed by atoms with Crippen molar-refractivity contribution in [3.8, 4) is 0 Å². The first-order valence-electron chi connectivity index (χ1n) is 6.01. The van der Waals surface area contributed by atoms with E-state index in [4.69, 9.17) is 10.3 Å². The van der Waals surface area contributed by atoms with E-state index in [2.05, 4.69) is 10.1 Å². The highest BCUT2D eigenvalue weighted by atomic mass is 32.2. The van der Waals surface area contributed by atoms with Crippen molar-refractivity contribution >= 4 is 11.8 Å². The van der Waals surface area contributed by atoms with Crippen LogP contribution in [0.5, 0.6) is 0 Å². The molecule has 1 aliphatic carbocycles. The number of hydrogen-bond donors (Lipinski definition) is 1. The molecule has 1 fully saturated rings. The zero-order valence-corrected chi connectivity index (χ0v) is 10.3. The molecule has 1 aromatic heterocycles. The van der Waals surface area contributed by atoms with Gasteiger partial charge in [0.1, 0.15) is 0 Å². The molecule has 1 aliphatic rings. The van der Waals surface area contributed by atoms with Crippen molar-refractivity contribution in [1.82, 2.24) is 10.1 Å². The van der Waals surface area contributed by atoms with Crippen LogP contribution in [0.1, 0.15) is 43.8 Å². The Hall–Kier alpha value is -0.550. The van der Waals surface area contributed by atoms with Crippen molar-refractivity contribution in [2.45, 2.75) is 49.5 Å². The third-order valence-electron chi connectivity index (χ3n) is 2.87. The first kappa shape index (κ1) is 11.9. The topological polar surface area (TPSA) is 64.9 Å². The lowest BCUT2D eigenvalue weighted by Crippen LogP contribution is -2.08. The molecule has 0 radical (unpaired) electrons. The summed E-state index contributed by atoms with van der Waals surface area (Å²) in [6, 6.07) is 0. The molecule has 0 bridgehead atoms. The van der Waals surface area contributed by atoms with Gasteiger partial charge in [0.15, 0.2) is 5.82 Å². The molecule has 2 rings (SSSR count). The minimum absolute atomic E-state index is 0.567. The third-order valence-corrected chi connectivity index (χ3v) is 4.24. The van der Waals surface area contributed by atoms with E-state index < -0.39 is 0 Å². The van der Waals surface area contributed by atoms with Crippen LogP contribution >= 0.6 is 11.8 Å². The van der Waals surface area contributed by atoms with Gasteiger partial charge in [-0.1, -0.05) is 24.4 Å². The smallest absolute Gasteiger partial charge is 0.227 e. The molecular weight excluding hydrogens is 222 g/mol. The summed E-state index contributed by atoms with van der Waals surface area (Å²) in [4.78, 5) is 4.31. The summed E-state index contributed by atoms with van der Waals surface area (Å²) in [6.07, 6.45) is 7.53. The van der Waals surface area contributed by atoms with Gasteiger partial charge in [0.2, 0.25) is 5.89 Å². The molecule has 1 saturated carbocycles. The number of nitrogens with zero attached hydrogens (tertiary/aromatic N) is 2. The van der Waals surface area contributed by atoms with Gasteiger partial charge >= 0.3 is 0 Å². The molecular formula is C11H19N3OS. The van der Waals surface area contributed by atoms with E-state index in [1.54, 1.807) is 0 Å². The van der Waals surface area contributed by atoms with Gasteiger partial charge in [0, 0.05) is 18.2 Å². The molecule has 1 heterocycles. The fraction of sp³-hybridized carbons (Fsp3) is 0.818. The standard InChI is InChI=1S/C11H19N3OS/c12-7-6-11-13-10(14-15-11)8-16-9-4-2-1-3-5-9/h9H,1-8,12H2. The van der Waals surface area contributed by atoms with Crippen LogP contribution in [0, 0.1) is 0 Å². The normalized spacial score (nSPS) is 17.8. The van der Waals surface area contributed by atoms with Crippen LogP contribution in [0.2, 0.25) is 0 Å². The zero-order chi connectivity index (χ0) is 11.2. The van der Waals surface area contributed by atoms with E-state index in [1.807, 2.05) is 11.8 Å². The van der Waals surface area contributed by atoms with E-state index in [0.717, 1.165) is 16.8 Å². The van der Waals surface area contributed by atoms with Crippen LogP contribution < -0.4 is 5.73 Å². The minimum atomic E-state index is 0.567. The quantitative estimate of drug-likeness (QED) is 0.855. The molecule has 2 N–H and O–H groups in total. The second-order valence-electron chi connectivity index (χ2n) is 4.21. The summed E-state index contributed by atoms with van der Waals surface area (Å²) < 4.78 is 5.09. The van der Waals surface area contributed by atoms with Crippen LogP contribution in [0.25, 0.3) is 0 Å². The SMILES string of the molecule is NCCc1nc(CSC2CCCCC2)no1. The Kier molecular flexibility index (Phi) is 4.66. The van der Waals surface area contributed by atoms with E-state index in [1.165, 1.54) is 32.1 Å². The van der Waals surface area contributed by atoms with E-state index in [9.17, 15) is 0 Å². The Morgan fingerprint density at radius 2 is 2.12 bits per heavy atom. The Balaban J connectivity index is 1.75. The van der Waals surface area contributed by atoms with Crippen LogP contribution in [0.3, 0.4) is 0 Å². The molecule has 0 unspecified atom stereocenters. The first-order chi connectivity index (χ1) is 7.88. The molecule has 1 aromatic rings. The summed E-state index contributed by atoms with van der Waals surface area (Å²) in [5, 5.41) is 4.75. The van der Waals surface area contributed by atoms with E-state index >= 15 is 0 Å². The summed E-state index contributed by atoms with van der Waals surface area (Å²) in [7, 11) is 0. The van der Waals surface area contributed by atoms with Crippen molar-refractivity contribution in [2.75, 3.05) is 6.54 Å². The maximum absolute atomic E-state index is 5.43. The molecule has 5 heteroatoms. The summed E-state index contributed by atoms with van der Waals surface area (Å²) in [6.45, 7) is 0.567. The van der Waals surface area contributed by atoms with Gasteiger partial charge < -0.3 is 10.3 Å². The van der Waals surface area contributed by atoms with Gasteiger partial charge in [-0.3, -0.25) is 0 Å². The molecule has 0 spiro atoms. The highest BCUT2D eigenvalue weighted by Gasteiger charge is 2.15. The van der Waals surface area contributed by atoms with Gasteiger partial charge in [-0.25, -0.2) is 0 Å². The van der Waals surface area contributed by atoms with Crippen LogP contribution in [0.4, 0.5) is 0 Å². The fourth-order valence-corrected chi connectivity index (χ4v) is 3.17. The minimum Gasteiger partial charge on any atom is -0.339 e. The van der Waals surface area contributed by atoms with Gasteiger partial charge in [0.25, 0.3) is 0 Å². The lowest BCUT2D eigenvalue weighted by atomic mass is 10.0. The number of rotatable bonds is 5. The van der Waals surface area contributed by atoms with Gasteiger partial charge in [-0.15, -0.1) is 0 Å². The molecule has 0 saturated heterocycles. The maximum Gasteiger partial charge on any atom is 0.227 e. The van der Waals surface area contributed by atoms with Crippen molar-refractivity contribution in [1.29, 1.82) is 0 Å². The van der Waals surface area contributed by atoms with Crippen molar-refractivity contribution in [3.05, 3.63) is 11.7 Å². The Morgan fingerprint density at radius 3 is 2.88 bits per heavy atom. The molecule has 4 nitrogen and oxygen atoms in total. The van der Waals surface area contributed by atoms with Crippen LogP contribution in [-0.4, -0.2) is 21.9 Å². The predicted octanol–water partition coefficient (Wildman–Crippen LogP) is 2.14. The average molecular weight is 241 g/mol. The zero-order valence-electron chi connectivity index (χ0n) is 9.52. The highest BCUT2D eigenvalue weighted by molar-refractivity contribution is 7.99. The first-order valence-corrected chi connectivity index (χ1v) is 7.06. The molecule has 0 atom stereocenters. The van der Waals surface area contributed by atoms with E-state index in [-0.39, 0.29) is 0 Å². The Morgan fingerprint density at radius 1 is 1.31 bits per heavy atom. The van der Waals surface area contributed by atoms with Crippen LogP contribution in [-0.2, 0) is 12.2 Å². The number of thioether (sulfide) groups is 1. The fourth-order valence-electron chi connectivity index (χ4n) is 2.00. The lowest BCUT2D eigenvalue weighted by Gasteiger charge is -2.19. The number of hydrogen-bond acceptors (Lipinski definition) is 5. The summed E-state index contributed by atoms with van der Waals surface area (Å²) in [5.74, 6) is 2.36. The molecule has 0 amide bonds. The van der Waals surface area contributed by atoms with Gasteiger partial charge in [0.05, 0.1) is 5.75 Å². The molecule has 90 valence electrons. The highest BCUT2D eigenvalue weighted by Crippen LogP contribution is 2.29. The Bertz CT molecular complexity index is 310. The number of nitrogens with two attached hydrogens (primary N) is 1. The maximum atomic E-state index is 5.43. The van der Waals surface area contributed by atoms with Gasteiger partial charge in [-0.05, 0) is 12.8 Å². The largest absolute Gasteiger partial charge is 0.339 e. The average Bonchev–Trinajstić information content (AvgIpc) is 2.76.